The SMILES string of the molecule is CC1=C=NN(c2cncc(OC[C@@H]3CCN3)c2)C=C1CCCCO. The van der Waals surface area contributed by atoms with E-state index < -0.39 is 0 Å². The van der Waals surface area contributed by atoms with Crippen LogP contribution >= 0.6 is 0 Å². The molecule has 1 fully saturated rings. The molecule has 6 heteroatoms. The number of rotatable bonds is 8. The topological polar surface area (TPSA) is 70.0 Å². The quantitative estimate of drug-likeness (QED) is 0.716. The molecule has 1 atom stereocenters. The molecule has 0 unspecified atom stereocenters. The number of nitrogens with zero attached hydrogens (tertiary/aromatic N) is 3. The molecule has 0 bridgehead atoms. The Balaban J connectivity index is 1.67. The number of allylic oxidation sites excluding steroid dienone is 2. The zero-order valence-electron chi connectivity index (χ0n) is 14.0. The molecular weight excluding hydrogens is 304 g/mol. The standard InChI is InChI=1S/C18H24N4O2/c1-14-9-21-22(12-15(14)4-2-3-7-23)17-8-18(11-19-10-17)24-13-16-5-6-20-16/h8,10-12,16,20,23H,2-7,13H2,1H3/t16-/m0/s1. The maximum Gasteiger partial charge on any atom is 0.139 e. The van der Waals surface area contributed by atoms with Gasteiger partial charge in [-0.25, -0.2) is 5.01 Å². The van der Waals surface area contributed by atoms with Crippen molar-refractivity contribution in [2.24, 2.45) is 5.10 Å². The lowest BCUT2D eigenvalue weighted by atomic mass is 10.0. The molecule has 0 saturated carbocycles. The van der Waals surface area contributed by atoms with Crippen molar-refractivity contribution in [2.75, 3.05) is 24.8 Å². The minimum absolute atomic E-state index is 0.229. The van der Waals surface area contributed by atoms with E-state index in [1.165, 1.54) is 5.57 Å². The number of aliphatic hydroxyl groups is 1. The van der Waals surface area contributed by atoms with Gasteiger partial charge in [-0.05, 0) is 44.7 Å². The first kappa shape index (κ1) is 16.7. The number of unbranched alkanes of at least 4 members (excludes halogenated alkanes) is 1. The lowest BCUT2D eigenvalue weighted by Crippen LogP contribution is -2.46. The lowest BCUT2D eigenvalue weighted by molar-refractivity contribution is 0.217. The Bertz CT molecular complexity index is 661. The molecule has 1 aromatic rings. The number of hydrogen-bond donors (Lipinski definition) is 2. The van der Waals surface area contributed by atoms with Gasteiger partial charge < -0.3 is 15.2 Å². The molecule has 3 rings (SSSR count). The summed E-state index contributed by atoms with van der Waals surface area (Å²) >= 11 is 0. The van der Waals surface area contributed by atoms with Gasteiger partial charge in [-0.15, -0.1) is 5.10 Å². The number of ether oxygens (including phenoxy) is 1. The zero-order chi connectivity index (χ0) is 16.8. The fraction of sp³-hybridized carbons (Fsp3) is 0.500. The van der Waals surface area contributed by atoms with Crippen molar-refractivity contribution in [1.29, 1.82) is 0 Å². The van der Waals surface area contributed by atoms with Gasteiger partial charge in [-0.3, -0.25) is 4.98 Å². The number of aliphatic hydroxyl groups excluding tert-OH is 1. The first-order chi connectivity index (χ1) is 11.8. The highest BCUT2D eigenvalue weighted by Gasteiger charge is 2.17. The summed E-state index contributed by atoms with van der Waals surface area (Å²) in [4.78, 5) is 4.26. The average Bonchev–Trinajstić information content (AvgIpc) is 2.56. The minimum atomic E-state index is 0.229. The van der Waals surface area contributed by atoms with Crippen LogP contribution in [0.1, 0.15) is 32.6 Å². The van der Waals surface area contributed by atoms with Gasteiger partial charge in [0.2, 0.25) is 0 Å². The molecule has 3 heterocycles. The van der Waals surface area contributed by atoms with E-state index in [0.717, 1.165) is 49.2 Å². The molecule has 0 aromatic carbocycles. The zero-order valence-corrected chi connectivity index (χ0v) is 14.0. The van der Waals surface area contributed by atoms with Crippen LogP contribution in [0.4, 0.5) is 5.69 Å². The molecule has 2 aliphatic rings. The second kappa shape index (κ2) is 8.11. The molecule has 2 N–H and O–H groups in total. The summed E-state index contributed by atoms with van der Waals surface area (Å²) < 4.78 is 5.80. The van der Waals surface area contributed by atoms with E-state index in [0.29, 0.717) is 12.6 Å². The monoisotopic (exact) mass is 328 g/mol. The minimum Gasteiger partial charge on any atom is -0.490 e. The van der Waals surface area contributed by atoms with E-state index in [1.807, 2.05) is 19.2 Å². The Kier molecular flexibility index (Phi) is 5.64. The van der Waals surface area contributed by atoms with E-state index in [2.05, 4.69) is 21.3 Å². The summed E-state index contributed by atoms with van der Waals surface area (Å²) in [6.07, 6.45) is 9.32. The maximum absolute atomic E-state index is 8.94. The van der Waals surface area contributed by atoms with Gasteiger partial charge in [0.15, 0.2) is 0 Å². The molecule has 0 amide bonds. The largest absolute Gasteiger partial charge is 0.490 e. The fourth-order valence-corrected chi connectivity index (χ4v) is 2.58. The number of hydrazone groups is 1. The molecular formula is C18H24N4O2. The number of anilines is 1. The predicted molar refractivity (Wildman–Crippen MR) is 94.3 cm³/mol. The molecule has 128 valence electrons. The second-order valence-electron chi connectivity index (χ2n) is 6.15. The molecule has 6 nitrogen and oxygen atoms in total. The van der Waals surface area contributed by atoms with Crippen LogP contribution < -0.4 is 15.1 Å². The van der Waals surface area contributed by atoms with Crippen molar-refractivity contribution in [3.63, 3.8) is 0 Å². The number of hydrogen-bond acceptors (Lipinski definition) is 6. The molecule has 0 aliphatic carbocycles. The van der Waals surface area contributed by atoms with E-state index in [4.69, 9.17) is 9.84 Å². The van der Waals surface area contributed by atoms with Crippen molar-refractivity contribution in [1.82, 2.24) is 10.3 Å². The summed E-state index contributed by atoms with van der Waals surface area (Å²) in [6, 6.07) is 2.39. The summed E-state index contributed by atoms with van der Waals surface area (Å²) in [7, 11) is 0. The number of aromatic nitrogens is 1. The molecule has 2 aliphatic heterocycles. The van der Waals surface area contributed by atoms with Crippen molar-refractivity contribution >= 4 is 11.6 Å². The third-order valence-electron chi connectivity index (χ3n) is 4.28. The highest BCUT2D eigenvalue weighted by Crippen LogP contribution is 2.25. The maximum atomic E-state index is 8.94. The van der Waals surface area contributed by atoms with Crippen LogP contribution in [0.15, 0.2) is 40.9 Å². The first-order valence-electron chi connectivity index (χ1n) is 8.49. The van der Waals surface area contributed by atoms with Crippen LogP contribution in [0.5, 0.6) is 5.75 Å². The Labute approximate surface area is 142 Å². The van der Waals surface area contributed by atoms with Crippen molar-refractivity contribution < 1.29 is 9.84 Å². The van der Waals surface area contributed by atoms with Gasteiger partial charge in [-0.1, -0.05) is 0 Å². The van der Waals surface area contributed by atoms with Crippen LogP contribution in [-0.2, 0) is 0 Å². The van der Waals surface area contributed by atoms with Gasteiger partial charge in [0.1, 0.15) is 12.4 Å². The van der Waals surface area contributed by atoms with Crippen LogP contribution in [0.25, 0.3) is 0 Å². The normalized spacial score (nSPS) is 19.6. The second-order valence-corrected chi connectivity index (χ2v) is 6.15. The average molecular weight is 328 g/mol. The van der Waals surface area contributed by atoms with Crippen LogP contribution in [0.2, 0.25) is 0 Å². The van der Waals surface area contributed by atoms with Crippen LogP contribution in [-0.4, -0.2) is 41.8 Å². The Morgan fingerprint density at radius 3 is 3.04 bits per heavy atom. The van der Waals surface area contributed by atoms with Gasteiger partial charge in [0.25, 0.3) is 0 Å². The third-order valence-corrected chi connectivity index (χ3v) is 4.28. The van der Waals surface area contributed by atoms with E-state index in [9.17, 15) is 0 Å². The summed E-state index contributed by atoms with van der Waals surface area (Å²) in [5.41, 5.74) is 3.08. The smallest absolute Gasteiger partial charge is 0.139 e. The van der Waals surface area contributed by atoms with Crippen molar-refractivity contribution in [3.8, 4) is 5.75 Å². The molecule has 24 heavy (non-hydrogen) atoms. The van der Waals surface area contributed by atoms with Crippen LogP contribution in [0.3, 0.4) is 0 Å². The highest BCUT2D eigenvalue weighted by molar-refractivity contribution is 5.69. The lowest BCUT2D eigenvalue weighted by Gasteiger charge is -2.27. The van der Waals surface area contributed by atoms with Crippen molar-refractivity contribution in [3.05, 3.63) is 35.8 Å². The predicted octanol–water partition coefficient (Wildman–Crippen LogP) is 2.22. The first-order valence-corrected chi connectivity index (χ1v) is 8.49. The van der Waals surface area contributed by atoms with E-state index >= 15 is 0 Å². The molecule has 1 saturated heterocycles. The number of pyridine rings is 1. The van der Waals surface area contributed by atoms with Gasteiger partial charge in [0.05, 0.1) is 18.1 Å². The van der Waals surface area contributed by atoms with Crippen LogP contribution in [0, 0.1) is 0 Å². The van der Waals surface area contributed by atoms with Gasteiger partial charge in [0, 0.05) is 36.4 Å². The summed E-state index contributed by atoms with van der Waals surface area (Å²) in [6.45, 7) is 3.97. The third kappa shape index (κ3) is 4.23. The summed E-state index contributed by atoms with van der Waals surface area (Å²) in [5, 5.41) is 18.4. The Morgan fingerprint density at radius 2 is 2.29 bits per heavy atom. The van der Waals surface area contributed by atoms with E-state index in [1.54, 1.807) is 17.4 Å². The summed E-state index contributed by atoms with van der Waals surface area (Å²) in [5.74, 6) is 3.80. The molecule has 1 aromatic heterocycles. The van der Waals surface area contributed by atoms with Crippen molar-refractivity contribution in [2.45, 2.75) is 38.6 Å². The fourth-order valence-electron chi connectivity index (χ4n) is 2.58. The highest BCUT2D eigenvalue weighted by atomic mass is 16.5. The Hall–Kier alpha value is -2.14. The Morgan fingerprint density at radius 1 is 1.42 bits per heavy atom. The number of nitrogens with one attached hydrogen (secondary N) is 1. The van der Waals surface area contributed by atoms with Gasteiger partial charge >= 0.3 is 0 Å². The molecule has 0 radical (unpaired) electrons. The van der Waals surface area contributed by atoms with E-state index in [-0.39, 0.29) is 6.61 Å². The molecule has 0 spiro atoms. The van der Waals surface area contributed by atoms with Gasteiger partial charge in [-0.2, -0.15) is 0 Å².